The molecule has 0 radical (unpaired) electrons. The van der Waals surface area contributed by atoms with Gasteiger partial charge in [-0.05, 0) is 25.3 Å². The Kier molecular flexibility index (Phi) is 3.99. The maximum absolute atomic E-state index is 11.5. The van der Waals surface area contributed by atoms with E-state index in [4.69, 9.17) is 11.6 Å². The number of nitrogens with two attached hydrogens (primary N) is 2. The molecule has 1 aromatic heterocycles. The van der Waals surface area contributed by atoms with Crippen molar-refractivity contribution in [3.8, 4) is 0 Å². The minimum absolute atomic E-state index is 0.119. The fourth-order valence-corrected chi connectivity index (χ4v) is 2.36. The highest BCUT2D eigenvalue weighted by molar-refractivity contribution is 5.84. The van der Waals surface area contributed by atoms with Gasteiger partial charge in [0.2, 0.25) is 11.7 Å². The number of amides is 1. The van der Waals surface area contributed by atoms with E-state index in [0.717, 1.165) is 12.8 Å². The average Bonchev–Trinajstić information content (AvgIpc) is 2.46. The molecule has 0 saturated carbocycles. The predicted octanol–water partition coefficient (Wildman–Crippen LogP) is 0.120. The van der Waals surface area contributed by atoms with E-state index in [-0.39, 0.29) is 11.5 Å². The second-order valence-electron chi connectivity index (χ2n) is 4.55. The Morgan fingerprint density at radius 3 is 2.85 bits per heavy atom. The van der Waals surface area contributed by atoms with Crippen LogP contribution in [-0.2, 0) is 4.79 Å². The number of anilines is 2. The fourth-order valence-electron chi connectivity index (χ4n) is 2.36. The van der Waals surface area contributed by atoms with Crippen LogP contribution in [0.5, 0.6) is 0 Å². The van der Waals surface area contributed by atoms with E-state index in [2.05, 4.69) is 10.4 Å². The standard InChI is InChI=1S/C11H16N6O3/c12-10(18)7-3-1-2-6-16(7)11-8(17(19)20)4-5-9(14-11)15-13/h4-5,7H,1-3,6,13H2,(H2,12,18)(H,14,15). The minimum Gasteiger partial charge on any atom is -0.368 e. The van der Waals surface area contributed by atoms with Gasteiger partial charge in [0.15, 0.2) is 0 Å². The molecule has 1 saturated heterocycles. The third-order valence-electron chi connectivity index (χ3n) is 3.30. The molecule has 9 nitrogen and oxygen atoms in total. The molecule has 1 aromatic rings. The van der Waals surface area contributed by atoms with Crippen LogP contribution in [0.15, 0.2) is 12.1 Å². The molecule has 0 spiro atoms. The van der Waals surface area contributed by atoms with Gasteiger partial charge >= 0.3 is 5.69 Å². The summed E-state index contributed by atoms with van der Waals surface area (Å²) in [5.41, 5.74) is 7.54. The summed E-state index contributed by atoms with van der Waals surface area (Å²) < 4.78 is 0. The summed E-state index contributed by atoms with van der Waals surface area (Å²) in [6.07, 6.45) is 2.24. The smallest absolute Gasteiger partial charge is 0.311 e. The van der Waals surface area contributed by atoms with Gasteiger partial charge in [-0.1, -0.05) is 0 Å². The number of aromatic nitrogens is 1. The number of nitrogens with one attached hydrogen (secondary N) is 1. The maximum Gasteiger partial charge on any atom is 0.311 e. The molecule has 2 rings (SSSR count). The van der Waals surface area contributed by atoms with E-state index in [1.165, 1.54) is 12.1 Å². The molecule has 1 unspecified atom stereocenters. The number of nitrogens with zero attached hydrogens (tertiary/aromatic N) is 3. The molecule has 1 atom stereocenters. The monoisotopic (exact) mass is 280 g/mol. The van der Waals surface area contributed by atoms with Crippen LogP contribution in [0.1, 0.15) is 19.3 Å². The highest BCUT2D eigenvalue weighted by Crippen LogP contribution is 2.32. The fraction of sp³-hybridized carbons (Fsp3) is 0.455. The average molecular weight is 280 g/mol. The third-order valence-corrected chi connectivity index (χ3v) is 3.30. The first-order valence-corrected chi connectivity index (χ1v) is 6.22. The molecular formula is C11H16N6O3. The summed E-state index contributed by atoms with van der Waals surface area (Å²) in [6.45, 7) is 0.496. The zero-order valence-corrected chi connectivity index (χ0v) is 10.8. The Morgan fingerprint density at radius 1 is 1.50 bits per heavy atom. The molecule has 108 valence electrons. The van der Waals surface area contributed by atoms with Gasteiger partial charge in [0, 0.05) is 12.6 Å². The zero-order chi connectivity index (χ0) is 14.7. The van der Waals surface area contributed by atoms with E-state index in [1.54, 1.807) is 4.90 Å². The summed E-state index contributed by atoms with van der Waals surface area (Å²) >= 11 is 0. The minimum atomic E-state index is -0.581. The maximum atomic E-state index is 11.5. The Balaban J connectivity index is 2.47. The molecule has 2 heterocycles. The Bertz CT molecular complexity index is 535. The van der Waals surface area contributed by atoms with Crippen LogP contribution >= 0.6 is 0 Å². The number of piperidine rings is 1. The lowest BCUT2D eigenvalue weighted by Crippen LogP contribution is -2.48. The molecule has 9 heteroatoms. The van der Waals surface area contributed by atoms with Crippen molar-refractivity contribution in [1.82, 2.24) is 4.98 Å². The number of primary amides is 1. The van der Waals surface area contributed by atoms with Crippen LogP contribution in [0.2, 0.25) is 0 Å². The molecule has 0 aliphatic carbocycles. The van der Waals surface area contributed by atoms with Crippen LogP contribution in [0.3, 0.4) is 0 Å². The van der Waals surface area contributed by atoms with E-state index < -0.39 is 16.9 Å². The van der Waals surface area contributed by atoms with Gasteiger partial charge in [-0.3, -0.25) is 14.9 Å². The second kappa shape index (κ2) is 5.70. The molecule has 1 fully saturated rings. The van der Waals surface area contributed by atoms with E-state index in [1.807, 2.05) is 0 Å². The lowest BCUT2D eigenvalue weighted by molar-refractivity contribution is -0.384. The predicted molar refractivity (Wildman–Crippen MR) is 72.9 cm³/mol. The number of nitro groups is 1. The van der Waals surface area contributed by atoms with Crippen molar-refractivity contribution in [3.05, 3.63) is 22.2 Å². The number of hydrazine groups is 1. The lowest BCUT2D eigenvalue weighted by Gasteiger charge is -2.34. The third kappa shape index (κ3) is 2.62. The highest BCUT2D eigenvalue weighted by atomic mass is 16.6. The van der Waals surface area contributed by atoms with Crippen molar-refractivity contribution in [1.29, 1.82) is 0 Å². The van der Waals surface area contributed by atoms with E-state index in [9.17, 15) is 14.9 Å². The first kappa shape index (κ1) is 14.0. The van der Waals surface area contributed by atoms with Gasteiger partial charge in [0.25, 0.3) is 0 Å². The second-order valence-corrected chi connectivity index (χ2v) is 4.55. The summed E-state index contributed by atoms with van der Waals surface area (Å²) in [5.74, 6) is 5.18. The summed E-state index contributed by atoms with van der Waals surface area (Å²) in [4.78, 5) is 27.8. The van der Waals surface area contributed by atoms with Crippen molar-refractivity contribution in [2.75, 3.05) is 16.9 Å². The Labute approximate surface area is 115 Å². The largest absolute Gasteiger partial charge is 0.368 e. The molecule has 5 N–H and O–H groups in total. The van der Waals surface area contributed by atoms with Crippen LogP contribution < -0.4 is 21.9 Å². The van der Waals surface area contributed by atoms with Gasteiger partial charge in [0.1, 0.15) is 11.9 Å². The number of carbonyl (C=O) groups is 1. The first-order chi connectivity index (χ1) is 9.54. The Morgan fingerprint density at radius 2 is 2.25 bits per heavy atom. The van der Waals surface area contributed by atoms with E-state index >= 15 is 0 Å². The molecular weight excluding hydrogens is 264 g/mol. The van der Waals surface area contributed by atoms with Crippen LogP contribution in [0.25, 0.3) is 0 Å². The SMILES string of the molecule is NNc1ccc([N+](=O)[O-])c(N2CCCCC2C(N)=O)n1. The molecule has 1 aliphatic rings. The normalized spacial score (nSPS) is 18.6. The van der Waals surface area contributed by atoms with Gasteiger partial charge in [0.05, 0.1) is 4.92 Å². The number of hydrogen-bond donors (Lipinski definition) is 3. The van der Waals surface area contributed by atoms with Crippen LogP contribution in [0, 0.1) is 10.1 Å². The summed E-state index contributed by atoms with van der Waals surface area (Å²) in [5, 5.41) is 11.1. The number of rotatable bonds is 4. The first-order valence-electron chi connectivity index (χ1n) is 6.22. The van der Waals surface area contributed by atoms with Gasteiger partial charge in [-0.15, -0.1) is 0 Å². The van der Waals surface area contributed by atoms with Crippen molar-refractivity contribution >= 4 is 23.2 Å². The number of nitrogen functional groups attached to an aromatic ring is 1. The summed E-state index contributed by atoms with van der Waals surface area (Å²) in [7, 11) is 0. The van der Waals surface area contributed by atoms with Crippen molar-refractivity contribution in [3.63, 3.8) is 0 Å². The topological polar surface area (TPSA) is 140 Å². The molecule has 0 bridgehead atoms. The van der Waals surface area contributed by atoms with Crippen LogP contribution in [-0.4, -0.2) is 28.4 Å². The van der Waals surface area contributed by atoms with E-state index in [0.29, 0.717) is 18.8 Å². The van der Waals surface area contributed by atoms with Crippen molar-refractivity contribution < 1.29 is 9.72 Å². The molecule has 0 aromatic carbocycles. The van der Waals surface area contributed by atoms with Crippen LogP contribution in [0.4, 0.5) is 17.3 Å². The zero-order valence-electron chi connectivity index (χ0n) is 10.8. The molecule has 1 aliphatic heterocycles. The number of carbonyl (C=O) groups excluding carboxylic acids is 1. The molecule has 20 heavy (non-hydrogen) atoms. The van der Waals surface area contributed by atoms with Gasteiger partial charge in [-0.2, -0.15) is 0 Å². The van der Waals surface area contributed by atoms with Gasteiger partial charge < -0.3 is 16.1 Å². The quantitative estimate of drug-likeness (QED) is 0.404. The Hall–Kier alpha value is -2.42. The van der Waals surface area contributed by atoms with Gasteiger partial charge in [-0.25, -0.2) is 10.8 Å². The molecule has 1 amide bonds. The number of hydrogen-bond acceptors (Lipinski definition) is 7. The van der Waals surface area contributed by atoms with Crippen molar-refractivity contribution in [2.45, 2.75) is 25.3 Å². The lowest BCUT2D eigenvalue weighted by atomic mass is 10.0. The number of pyridine rings is 1. The van der Waals surface area contributed by atoms with Crippen molar-refractivity contribution in [2.24, 2.45) is 11.6 Å². The highest BCUT2D eigenvalue weighted by Gasteiger charge is 2.32. The summed E-state index contributed by atoms with van der Waals surface area (Å²) in [6, 6.07) is 2.14.